The molecule has 0 heterocycles. The largest absolute Gasteiger partial charge is 0.300 e. The summed E-state index contributed by atoms with van der Waals surface area (Å²) in [5, 5.41) is 0. The van der Waals surface area contributed by atoms with Gasteiger partial charge in [0.1, 0.15) is 5.78 Å². The molecule has 0 aliphatic heterocycles. The topological polar surface area (TPSA) is 43.4 Å². The standard InChI is InChI=1S/C3H6O.C3H8.C2H6O2S/c1-3(2)4;1-3-2;1-4-5(2)3/h1-2H3;3H2,1-2H3;1-2H3. The summed E-state index contributed by atoms with van der Waals surface area (Å²) in [5.74, 6) is 0.167. The van der Waals surface area contributed by atoms with Crippen LogP contribution in [0.2, 0.25) is 0 Å². The molecule has 76 valence electrons. The van der Waals surface area contributed by atoms with Gasteiger partial charge >= 0.3 is 0 Å². The molecule has 0 bridgehead atoms. The third-order valence-corrected chi connectivity index (χ3v) is 0.704. The molecule has 0 saturated heterocycles. The highest BCUT2D eigenvalue weighted by molar-refractivity contribution is 7.79. The minimum absolute atomic E-state index is 0.167. The van der Waals surface area contributed by atoms with Crippen LogP contribution in [0.25, 0.3) is 0 Å². The van der Waals surface area contributed by atoms with Crippen molar-refractivity contribution >= 4 is 16.9 Å². The van der Waals surface area contributed by atoms with Gasteiger partial charge in [0.25, 0.3) is 0 Å². The Hall–Kier alpha value is -0.220. The molecule has 0 spiro atoms. The number of hydrogen-bond donors (Lipinski definition) is 0. The van der Waals surface area contributed by atoms with Crippen molar-refractivity contribution in [3.8, 4) is 0 Å². The van der Waals surface area contributed by atoms with Crippen molar-refractivity contribution in [2.75, 3.05) is 13.4 Å². The highest BCUT2D eigenvalue weighted by Gasteiger charge is 1.72. The second-order valence-corrected chi connectivity index (χ2v) is 3.32. The lowest BCUT2D eigenvalue weighted by molar-refractivity contribution is -0.114. The van der Waals surface area contributed by atoms with Gasteiger partial charge in [-0.25, -0.2) is 4.21 Å². The lowest BCUT2D eigenvalue weighted by Crippen LogP contribution is -1.83. The molecule has 3 nitrogen and oxygen atoms in total. The molecule has 0 amide bonds. The Labute approximate surface area is 78.2 Å². The average Bonchev–Trinajstić information content (AvgIpc) is 1.88. The number of Topliss-reactive ketones (excluding diaryl/α,β-unsaturated/α-hetero) is 1. The molecule has 0 aromatic rings. The molecule has 0 N–H and O–H groups in total. The van der Waals surface area contributed by atoms with E-state index in [4.69, 9.17) is 0 Å². The van der Waals surface area contributed by atoms with Crippen LogP contribution in [0.5, 0.6) is 0 Å². The molecular weight excluding hydrogens is 176 g/mol. The summed E-state index contributed by atoms with van der Waals surface area (Å²) >= 11 is -1.07. The van der Waals surface area contributed by atoms with Gasteiger partial charge in [0, 0.05) is 6.26 Å². The fourth-order valence-electron chi connectivity index (χ4n) is 0. The van der Waals surface area contributed by atoms with Crippen LogP contribution in [-0.4, -0.2) is 23.4 Å². The molecule has 0 aliphatic rings. The average molecular weight is 196 g/mol. The minimum Gasteiger partial charge on any atom is -0.300 e. The summed E-state index contributed by atoms with van der Waals surface area (Å²) in [6.07, 6.45) is 2.72. The van der Waals surface area contributed by atoms with Crippen molar-refractivity contribution in [3.63, 3.8) is 0 Å². The van der Waals surface area contributed by atoms with E-state index in [1.807, 2.05) is 0 Å². The van der Waals surface area contributed by atoms with E-state index in [0.717, 1.165) is 0 Å². The first kappa shape index (κ1) is 17.8. The van der Waals surface area contributed by atoms with Crippen LogP contribution < -0.4 is 0 Å². The third-order valence-electron chi connectivity index (χ3n) is 0.235. The summed E-state index contributed by atoms with van der Waals surface area (Å²) in [6.45, 7) is 7.31. The zero-order valence-corrected chi connectivity index (χ0v) is 9.66. The lowest BCUT2D eigenvalue weighted by Gasteiger charge is -1.78. The van der Waals surface area contributed by atoms with Crippen molar-refractivity contribution in [2.45, 2.75) is 34.1 Å². The van der Waals surface area contributed by atoms with Gasteiger partial charge in [0.05, 0.1) is 7.11 Å². The Bertz CT molecular complexity index is 109. The van der Waals surface area contributed by atoms with E-state index in [9.17, 15) is 9.00 Å². The van der Waals surface area contributed by atoms with E-state index < -0.39 is 11.1 Å². The normalized spacial score (nSPS) is 9.83. The maximum absolute atomic E-state index is 9.70. The van der Waals surface area contributed by atoms with Crippen LogP contribution in [0.4, 0.5) is 0 Å². The Morgan fingerprint density at radius 1 is 1.33 bits per heavy atom. The molecule has 1 unspecified atom stereocenters. The van der Waals surface area contributed by atoms with Crippen LogP contribution >= 0.6 is 0 Å². The van der Waals surface area contributed by atoms with Crippen molar-refractivity contribution in [3.05, 3.63) is 0 Å². The maximum Gasteiger partial charge on any atom is 0.151 e. The fourth-order valence-corrected chi connectivity index (χ4v) is 0. The third kappa shape index (κ3) is 238. The van der Waals surface area contributed by atoms with Gasteiger partial charge in [0.15, 0.2) is 11.1 Å². The monoisotopic (exact) mass is 196 g/mol. The molecule has 0 radical (unpaired) electrons. The lowest BCUT2D eigenvalue weighted by atomic mass is 10.6. The molecule has 12 heavy (non-hydrogen) atoms. The molecule has 4 heteroatoms. The second-order valence-electron chi connectivity index (χ2n) is 2.18. The summed E-state index contributed by atoms with van der Waals surface area (Å²) in [4.78, 5) is 9.44. The van der Waals surface area contributed by atoms with E-state index in [-0.39, 0.29) is 5.78 Å². The molecule has 0 aromatic heterocycles. The first-order valence-electron chi connectivity index (χ1n) is 3.77. The van der Waals surface area contributed by atoms with Gasteiger partial charge in [-0.2, -0.15) is 0 Å². The highest BCUT2D eigenvalue weighted by atomic mass is 32.2. The van der Waals surface area contributed by atoms with E-state index in [0.29, 0.717) is 0 Å². The molecule has 0 aliphatic carbocycles. The summed E-state index contributed by atoms with van der Waals surface area (Å²) < 4.78 is 13.9. The molecule has 1 atom stereocenters. The number of hydrogen-bond acceptors (Lipinski definition) is 3. The van der Waals surface area contributed by atoms with Gasteiger partial charge in [-0.3, -0.25) is 4.18 Å². The molecule has 0 rings (SSSR count). The Morgan fingerprint density at radius 2 is 1.42 bits per heavy atom. The summed E-state index contributed by atoms with van der Waals surface area (Å²) in [6, 6.07) is 0. The van der Waals surface area contributed by atoms with Crippen molar-refractivity contribution < 1.29 is 13.2 Å². The van der Waals surface area contributed by atoms with Crippen molar-refractivity contribution in [1.29, 1.82) is 0 Å². The SMILES string of the molecule is CC(C)=O.CCC.COS(C)=O. The van der Waals surface area contributed by atoms with Gasteiger partial charge in [0.2, 0.25) is 0 Å². The predicted octanol–water partition coefficient (Wildman–Crippen LogP) is 1.94. The Morgan fingerprint density at radius 3 is 1.42 bits per heavy atom. The van der Waals surface area contributed by atoms with Gasteiger partial charge in [-0.05, 0) is 13.8 Å². The van der Waals surface area contributed by atoms with Crippen molar-refractivity contribution in [2.24, 2.45) is 0 Å². The number of ketones is 1. The van der Waals surface area contributed by atoms with E-state index in [2.05, 4.69) is 18.0 Å². The molecule has 0 fully saturated rings. The number of rotatable bonds is 1. The molecule has 0 aromatic carbocycles. The summed E-state index contributed by atoms with van der Waals surface area (Å²) in [7, 11) is 1.40. The molecule has 0 saturated carbocycles. The van der Waals surface area contributed by atoms with Gasteiger partial charge < -0.3 is 4.79 Å². The first-order valence-corrected chi connectivity index (χ1v) is 5.25. The van der Waals surface area contributed by atoms with Gasteiger partial charge in [-0.1, -0.05) is 20.3 Å². The second kappa shape index (κ2) is 17.0. The van der Waals surface area contributed by atoms with E-state index >= 15 is 0 Å². The van der Waals surface area contributed by atoms with Crippen molar-refractivity contribution in [1.82, 2.24) is 0 Å². The van der Waals surface area contributed by atoms with Crippen LogP contribution in [0.15, 0.2) is 0 Å². The van der Waals surface area contributed by atoms with Crippen LogP contribution in [-0.2, 0) is 20.1 Å². The minimum atomic E-state index is -1.07. The van der Waals surface area contributed by atoms with Crippen LogP contribution in [0.3, 0.4) is 0 Å². The predicted molar refractivity (Wildman–Crippen MR) is 53.4 cm³/mol. The maximum atomic E-state index is 9.70. The number of carbonyl (C=O) groups excluding carboxylic acids is 1. The summed E-state index contributed by atoms with van der Waals surface area (Å²) in [5.41, 5.74) is 0. The fraction of sp³-hybridized carbons (Fsp3) is 0.875. The Kier molecular flexibility index (Phi) is 25.2. The zero-order chi connectivity index (χ0) is 10.6. The van der Waals surface area contributed by atoms with Crippen LogP contribution in [0.1, 0.15) is 34.1 Å². The quantitative estimate of drug-likeness (QED) is 0.643. The zero-order valence-electron chi connectivity index (χ0n) is 8.84. The first-order chi connectivity index (χ1) is 5.42. The molecular formula is C8H20O3S. The highest BCUT2D eigenvalue weighted by Crippen LogP contribution is 1.65. The Balaban J connectivity index is -0.000000105. The smallest absolute Gasteiger partial charge is 0.151 e. The van der Waals surface area contributed by atoms with E-state index in [1.165, 1.54) is 33.6 Å². The number of carbonyl (C=O) groups is 1. The van der Waals surface area contributed by atoms with Crippen LogP contribution in [0, 0.1) is 0 Å². The van der Waals surface area contributed by atoms with Gasteiger partial charge in [-0.15, -0.1) is 0 Å². The van der Waals surface area contributed by atoms with E-state index in [1.54, 1.807) is 0 Å².